The lowest BCUT2D eigenvalue weighted by Crippen LogP contribution is -2.42. The Morgan fingerprint density at radius 1 is 1.29 bits per heavy atom. The molecule has 2 N–H and O–H groups in total. The van der Waals surface area contributed by atoms with Crippen LogP contribution in [0.1, 0.15) is 43.7 Å². The van der Waals surface area contributed by atoms with Crippen LogP contribution in [0.3, 0.4) is 0 Å². The molecule has 0 amide bonds. The van der Waals surface area contributed by atoms with Gasteiger partial charge in [-0.05, 0) is 42.2 Å². The number of carboxylic acids is 1. The van der Waals surface area contributed by atoms with E-state index in [1.54, 1.807) is 11.3 Å². The number of unbranched alkanes of at least 4 members (excludes halogenated alkanes) is 1. The average Bonchev–Trinajstić information content (AvgIpc) is 3.33. The monoisotopic (exact) mass is 457 g/mol. The topological polar surface area (TPSA) is 65.5 Å². The van der Waals surface area contributed by atoms with Crippen molar-refractivity contribution in [3.05, 3.63) is 58.6 Å². The highest BCUT2D eigenvalue weighted by Crippen LogP contribution is 2.36. The first-order chi connectivity index (χ1) is 15.0. The Labute approximate surface area is 192 Å². The molecular weight excluding hydrogens is 430 g/mol. The summed E-state index contributed by atoms with van der Waals surface area (Å²) in [5.74, 6) is -0.798. The highest BCUT2D eigenvalue weighted by atomic mass is 35.5. The van der Waals surface area contributed by atoms with Gasteiger partial charge in [-0.3, -0.25) is 4.79 Å². The first kappa shape index (κ1) is 22.1. The minimum absolute atomic E-state index is 0.0613. The van der Waals surface area contributed by atoms with Crippen LogP contribution in [0.5, 0.6) is 0 Å². The van der Waals surface area contributed by atoms with Crippen LogP contribution in [0.2, 0.25) is 5.02 Å². The number of hydrogen-bond acceptors (Lipinski definition) is 5. The molecule has 1 aliphatic rings. The molecule has 1 aromatic heterocycles. The third-order valence-corrected chi connectivity index (χ3v) is 7.19. The summed E-state index contributed by atoms with van der Waals surface area (Å²) in [5, 5.41) is 14.6. The molecule has 3 aromatic rings. The van der Waals surface area contributed by atoms with E-state index in [4.69, 9.17) is 21.7 Å². The number of aromatic nitrogens is 1. The fraction of sp³-hybridized carbons (Fsp3) is 0.417. The lowest BCUT2D eigenvalue weighted by atomic mass is 10.0. The van der Waals surface area contributed by atoms with E-state index in [2.05, 4.69) is 23.2 Å². The minimum Gasteiger partial charge on any atom is -0.481 e. The second-order valence-electron chi connectivity index (χ2n) is 8.18. The lowest BCUT2D eigenvalue weighted by Gasteiger charge is -2.28. The average molecular weight is 458 g/mol. The number of rotatable bonds is 9. The van der Waals surface area contributed by atoms with E-state index in [0.717, 1.165) is 57.4 Å². The van der Waals surface area contributed by atoms with E-state index in [-0.39, 0.29) is 6.42 Å². The summed E-state index contributed by atoms with van der Waals surface area (Å²) < 4.78 is 1.13. The molecule has 2 atom stereocenters. The van der Waals surface area contributed by atoms with Crippen molar-refractivity contribution in [1.29, 1.82) is 0 Å². The van der Waals surface area contributed by atoms with E-state index in [9.17, 15) is 4.79 Å². The number of carboxylic acid groups (broad SMARTS) is 1. The molecule has 2 heterocycles. The van der Waals surface area contributed by atoms with Crippen molar-refractivity contribution in [2.75, 3.05) is 11.4 Å². The van der Waals surface area contributed by atoms with Crippen LogP contribution in [0, 0.1) is 0 Å². The number of halogens is 1. The van der Waals surface area contributed by atoms with Gasteiger partial charge < -0.3 is 15.3 Å². The largest absolute Gasteiger partial charge is 0.481 e. The third kappa shape index (κ3) is 5.37. The third-order valence-electron chi connectivity index (χ3n) is 5.90. The number of hydrogen-bond donors (Lipinski definition) is 2. The van der Waals surface area contributed by atoms with Crippen LogP contribution in [0.25, 0.3) is 10.2 Å². The first-order valence-corrected chi connectivity index (χ1v) is 12.1. The van der Waals surface area contributed by atoms with Crippen LogP contribution >= 0.6 is 22.9 Å². The van der Waals surface area contributed by atoms with Crippen molar-refractivity contribution in [3.8, 4) is 0 Å². The Balaban J connectivity index is 1.48. The predicted octanol–water partition coefficient (Wildman–Crippen LogP) is 5.50. The summed E-state index contributed by atoms with van der Waals surface area (Å²) in [4.78, 5) is 18.4. The van der Waals surface area contributed by atoms with Gasteiger partial charge in [-0.25, -0.2) is 4.98 Å². The molecular formula is C24H28ClN3O2S. The van der Waals surface area contributed by atoms with Crippen LogP contribution in [0.4, 0.5) is 5.13 Å². The van der Waals surface area contributed by atoms with E-state index >= 15 is 0 Å². The zero-order valence-corrected chi connectivity index (χ0v) is 19.3. The Morgan fingerprint density at radius 3 is 2.94 bits per heavy atom. The van der Waals surface area contributed by atoms with E-state index in [0.29, 0.717) is 12.1 Å². The van der Waals surface area contributed by atoms with Crippen LogP contribution < -0.4 is 10.2 Å². The number of fused-ring (bicyclic) bond motifs is 1. The molecule has 0 spiro atoms. The van der Waals surface area contributed by atoms with Crippen molar-refractivity contribution in [2.24, 2.45) is 0 Å². The molecule has 0 aliphatic carbocycles. The second-order valence-corrected chi connectivity index (χ2v) is 9.62. The minimum atomic E-state index is -0.798. The number of aliphatic carboxylic acids is 1. The maximum absolute atomic E-state index is 11.0. The van der Waals surface area contributed by atoms with E-state index < -0.39 is 5.97 Å². The van der Waals surface area contributed by atoms with Crippen molar-refractivity contribution in [3.63, 3.8) is 0 Å². The van der Waals surface area contributed by atoms with E-state index in [1.807, 2.05) is 36.4 Å². The van der Waals surface area contributed by atoms with Crippen molar-refractivity contribution < 1.29 is 9.90 Å². The summed E-state index contributed by atoms with van der Waals surface area (Å²) >= 11 is 7.89. The molecule has 1 aliphatic heterocycles. The van der Waals surface area contributed by atoms with Gasteiger partial charge in [0.15, 0.2) is 5.13 Å². The fourth-order valence-corrected chi connectivity index (χ4v) is 5.71. The van der Waals surface area contributed by atoms with Gasteiger partial charge in [0, 0.05) is 30.2 Å². The highest BCUT2D eigenvalue weighted by molar-refractivity contribution is 7.22. The van der Waals surface area contributed by atoms with Crippen LogP contribution in [0.15, 0.2) is 42.5 Å². The van der Waals surface area contributed by atoms with Crippen molar-refractivity contribution in [2.45, 2.75) is 57.7 Å². The van der Waals surface area contributed by atoms with Gasteiger partial charge in [0.1, 0.15) is 0 Å². The molecule has 0 bridgehead atoms. The quantitative estimate of drug-likeness (QED) is 0.444. The summed E-state index contributed by atoms with van der Waals surface area (Å²) in [6.07, 6.45) is 4.61. The molecule has 164 valence electrons. The van der Waals surface area contributed by atoms with Gasteiger partial charge in [-0.15, -0.1) is 0 Å². The second kappa shape index (κ2) is 9.98. The number of nitrogens with one attached hydrogen (secondary N) is 1. The summed E-state index contributed by atoms with van der Waals surface area (Å²) in [6.45, 7) is 3.96. The predicted molar refractivity (Wildman–Crippen MR) is 128 cm³/mol. The molecule has 31 heavy (non-hydrogen) atoms. The highest BCUT2D eigenvalue weighted by Gasteiger charge is 2.35. The smallest absolute Gasteiger partial charge is 0.307 e. The Morgan fingerprint density at radius 2 is 2.13 bits per heavy atom. The molecule has 1 saturated heterocycles. The number of carbonyl (C=O) groups is 1. The number of benzene rings is 2. The normalized spacial score (nSPS) is 18.7. The van der Waals surface area contributed by atoms with Gasteiger partial charge >= 0.3 is 5.97 Å². The van der Waals surface area contributed by atoms with Crippen LogP contribution in [-0.2, 0) is 17.8 Å². The maximum atomic E-state index is 11.0. The summed E-state index contributed by atoms with van der Waals surface area (Å²) in [5.41, 5.74) is 2.97. The maximum Gasteiger partial charge on any atom is 0.307 e. The summed E-state index contributed by atoms with van der Waals surface area (Å²) in [6, 6.07) is 14.5. The SMILES string of the molecule is CCCCC1C(NCc2cccc(CC(=O)O)c2)CCN1c1nc2ccc(Cl)cc2s1. The summed E-state index contributed by atoms with van der Waals surface area (Å²) in [7, 11) is 0. The molecule has 0 saturated carbocycles. The van der Waals surface area contributed by atoms with Gasteiger partial charge in [0.25, 0.3) is 0 Å². The molecule has 7 heteroatoms. The molecule has 2 aromatic carbocycles. The van der Waals surface area contributed by atoms with Gasteiger partial charge in [-0.2, -0.15) is 0 Å². The Hall–Kier alpha value is -2.15. The van der Waals surface area contributed by atoms with Gasteiger partial charge in [0.2, 0.25) is 0 Å². The lowest BCUT2D eigenvalue weighted by molar-refractivity contribution is -0.136. The Kier molecular flexibility index (Phi) is 7.10. The first-order valence-electron chi connectivity index (χ1n) is 10.9. The van der Waals surface area contributed by atoms with Crippen LogP contribution in [-0.4, -0.2) is 34.7 Å². The van der Waals surface area contributed by atoms with E-state index in [1.165, 1.54) is 12.8 Å². The molecule has 4 rings (SSSR count). The number of thiazole rings is 1. The number of nitrogens with zero attached hydrogens (tertiary/aromatic N) is 2. The fourth-order valence-electron chi connectivity index (χ4n) is 4.38. The number of anilines is 1. The molecule has 2 unspecified atom stereocenters. The zero-order chi connectivity index (χ0) is 21.8. The van der Waals surface area contributed by atoms with Gasteiger partial charge in [0.05, 0.1) is 16.6 Å². The Bertz CT molecular complexity index is 1050. The zero-order valence-electron chi connectivity index (χ0n) is 17.7. The molecule has 0 radical (unpaired) electrons. The standard InChI is InChI=1S/C24H28ClN3O2S/c1-2-3-7-21-19(26-15-17-6-4-5-16(12-17)13-23(29)30)10-11-28(21)24-27-20-9-8-18(25)14-22(20)31-24/h4-6,8-9,12,14,19,21,26H,2-3,7,10-11,13,15H2,1H3,(H,29,30). The molecule has 1 fully saturated rings. The van der Waals surface area contributed by atoms with Crippen molar-refractivity contribution in [1.82, 2.24) is 10.3 Å². The van der Waals surface area contributed by atoms with Crippen molar-refractivity contribution >= 4 is 44.3 Å². The van der Waals surface area contributed by atoms with Gasteiger partial charge in [-0.1, -0.05) is 67.0 Å². The molecule has 5 nitrogen and oxygen atoms in total.